The molecule has 0 saturated carbocycles. The molecule has 0 atom stereocenters. The zero-order chi connectivity index (χ0) is 17.6. The fourth-order valence-corrected chi connectivity index (χ4v) is 2.56. The Hall–Kier alpha value is -2.44. The Kier molecular flexibility index (Phi) is 5.63. The molecule has 0 radical (unpaired) electrons. The number of aromatic nitrogens is 2. The summed E-state index contributed by atoms with van der Waals surface area (Å²) < 4.78 is 6.08. The van der Waals surface area contributed by atoms with E-state index in [2.05, 4.69) is 31.4 Å². The number of amides is 1. The molecule has 5 nitrogen and oxygen atoms in total. The number of nitrogens with zero attached hydrogens (tertiary/aromatic N) is 2. The van der Waals surface area contributed by atoms with Crippen LogP contribution in [-0.2, 0) is 11.3 Å². The maximum atomic E-state index is 11.9. The molecule has 3 rings (SSSR count). The van der Waals surface area contributed by atoms with E-state index in [1.54, 1.807) is 18.2 Å². The van der Waals surface area contributed by atoms with E-state index in [9.17, 15) is 4.79 Å². The molecule has 0 unspecified atom stereocenters. The van der Waals surface area contributed by atoms with Crippen LogP contribution in [-0.4, -0.2) is 16.0 Å². The monoisotopic (exact) mass is 417 g/mol. The molecule has 0 spiro atoms. The Bertz CT molecular complexity index is 907. The highest BCUT2D eigenvalue weighted by atomic mass is 79.9. The van der Waals surface area contributed by atoms with Crippen molar-refractivity contribution in [3.8, 4) is 11.4 Å². The number of hydrogen-bond acceptors (Lipinski definition) is 4. The summed E-state index contributed by atoms with van der Waals surface area (Å²) in [5.74, 6) is 0.558. The van der Waals surface area contributed by atoms with Crippen LogP contribution in [0.1, 0.15) is 11.5 Å². The second-order valence-corrected chi connectivity index (χ2v) is 6.48. The molecule has 25 heavy (non-hydrogen) atoms. The van der Waals surface area contributed by atoms with Gasteiger partial charge in [0.2, 0.25) is 17.6 Å². The summed E-state index contributed by atoms with van der Waals surface area (Å²) in [6, 6.07) is 14.8. The fraction of sp³-hybridized carbons (Fsp3) is 0.0556. The number of rotatable bonds is 5. The molecule has 7 heteroatoms. The second-order valence-electron chi connectivity index (χ2n) is 5.12. The molecule has 0 aliphatic carbocycles. The van der Waals surface area contributed by atoms with E-state index in [0.717, 1.165) is 15.6 Å². The first-order chi connectivity index (χ1) is 12.1. The van der Waals surface area contributed by atoms with Crippen LogP contribution in [0.4, 0.5) is 0 Å². The normalized spacial score (nSPS) is 11.0. The topological polar surface area (TPSA) is 68.0 Å². The molecule has 1 N–H and O–H groups in total. The average Bonchev–Trinajstić information content (AvgIpc) is 3.08. The van der Waals surface area contributed by atoms with Crippen molar-refractivity contribution < 1.29 is 9.32 Å². The van der Waals surface area contributed by atoms with E-state index in [1.165, 1.54) is 6.08 Å². The summed E-state index contributed by atoms with van der Waals surface area (Å²) in [5, 5.41) is 7.27. The van der Waals surface area contributed by atoms with Crippen LogP contribution in [0.25, 0.3) is 17.5 Å². The van der Waals surface area contributed by atoms with Crippen LogP contribution >= 0.6 is 27.5 Å². The SMILES string of the molecule is O=C(/C=C/c1ccc(Cl)cc1)NCc1nc(-c2cccc(Br)c2)no1. The lowest BCUT2D eigenvalue weighted by Gasteiger charge is -1.97. The first-order valence-corrected chi connectivity index (χ1v) is 8.57. The number of carbonyl (C=O) groups is 1. The summed E-state index contributed by atoms with van der Waals surface area (Å²) >= 11 is 9.22. The number of hydrogen-bond donors (Lipinski definition) is 1. The van der Waals surface area contributed by atoms with Crippen LogP contribution in [0, 0.1) is 0 Å². The lowest BCUT2D eigenvalue weighted by molar-refractivity contribution is -0.116. The van der Waals surface area contributed by atoms with Gasteiger partial charge in [0.1, 0.15) is 0 Å². The van der Waals surface area contributed by atoms with E-state index in [-0.39, 0.29) is 12.5 Å². The van der Waals surface area contributed by atoms with E-state index < -0.39 is 0 Å². The predicted octanol–water partition coefficient (Wildman–Crippen LogP) is 4.48. The maximum Gasteiger partial charge on any atom is 0.246 e. The molecule has 0 bridgehead atoms. The summed E-state index contributed by atoms with van der Waals surface area (Å²) in [5.41, 5.74) is 1.72. The van der Waals surface area contributed by atoms with Gasteiger partial charge in [0, 0.05) is 21.1 Å². The minimum absolute atomic E-state index is 0.158. The van der Waals surface area contributed by atoms with Crippen LogP contribution in [0.15, 0.2) is 63.6 Å². The molecule has 2 aromatic carbocycles. The quantitative estimate of drug-likeness (QED) is 0.620. The van der Waals surface area contributed by atoms with Crippen LogP contribution in [0.5, 0.6) is 0 Å². The molecular formula is C18H13BrClN3O2. The molecule has 1 aromatic heterocycles. The summed E-state index contributed by atoms with van der Waals surface area (Å²) in [4.78, 5) is 16.1. The standard InChI is InChI=1S/C18H13BrClN3O2/c19-14-3-1-2-13(10-14)18-22-17(25-23-18)11-21-16(24)9-6-12-4-7-15(20)8-5-12/h1-10H,11H2,(H,21,24)/b9-6+. The zero-order valence-electron chi connectivity index (χ0n) is 12.9. The van der Waals surface area contributed by atoms with Gasteiger partial charge < -0.3 is 9.84 Å². The lowest BCUT2D eigenvalue weighted by atomic mass is 10.2. The van der Waals surface area contributed by atoms with Gasteiger partial charge in [-0.15, -0.1) is 0 Å². The van der Waals surface area contributed by atoms with Crippen molar-refractivity contribution in [2.24, 2.45) is 0 Å². The van der Waals surface area contributed by atoms with Gasteiger partial charge in [0.15, 0.2) is 0 Å². The number of halogens is 2. The smallest absolute Gasteiger partial charge is 0.246 e. The van der Waals surface area contributed by atoms with Crippen molar-refractivity contribution in [3.63, 3.8) is 0 Å². The Morgan fingerprint density at radius 1 is 1.24 bits per heavy atom. The Balaban J connectivity index is 1.56. The third-order valence-electron chi connectivity index (χ3n) is 3.26. The number of carbonyl (C=O) groups excluding carboxylic acids is 1. The molecule has 0 aliphatic heterocycles. The highest BCUT2D eigenvalue weighted by Crippen LogP contribution is 2.20. The average molecular weight is 419 g/mol. The summed E-state index contributed by atoms with van der Waals surface area (Å²) in [6.45, 7) is 0.158. The van der Waals surface area contributed by atoms with E-state index in [1.807, 2.05) is 36.4 Å². The van der Waals surface area contributed by atoms with Gasteiger partial charge in [0.05, 0.1) is 6.54 Å². The Morgan fingerprint density at radius 3 is 2.80 bits per heavy atom. The zero-order valence-corrected chi connectivity index (χ0v) is 15.3. The van der Waals surface area contributed by atoms with Gasteiger partial charge >= 0.3 is 0 Å². The van der Waals surface area contributed by atoms with Gasteiger partial charge in [-0.1, -0.05) is 57.0 Å². The molecule has 3 aromatic rings. The van der Waals surface area contributed by atoms with Crippen LogP contribution < -0.4 is 5.32 Å². The summed E-state index contributed by atoms with van der Waals surface area (Å²) in [7, 11) is 0. The Labute approximate surface area is 157 Å². The fourth-order valence-electron chi connectivity index (χ4n) is 2.04. The molecule has 0 saturated heterocycles. The van der Waals surface area contributed by atoms with Crippen molar-refractivity contribution >= 4 is 39.5 Å². The third kappa shape index (κ3) is 5.01. The molecule has 1 amide bonds. The molecule has 0 aliphatic rings. The van der Waals surface area contributed by atoms with Gasteiger partial charge in [-0.25, -0.2) is 0 Å². The summed E-state index contributed by atoms with van der Waals surface area (Å²) in [6.07, 6.45) is 3.14. The largest absolute Gasteiger partial charge is 0.343 e. The molecular weight excluding hydrogens is 406 g/mol. The minimum atomic E-state index is -0.253. The van der Waals surface area contributed by atoms with Crippen molar-refractivity contribution in [1.29, 1.82) is 0 Å². The van der Waals surface area contributed by atoms with E-state index >= 15 is 0 Å². The number of nitrogens with one attached hydrogen (secondary N) is 1. The van der Waals surface area contributed by atoms with Gasteiger partial charge in [0.25, 0.3) is 0 Å². The molecule has 126 valence electrons. The Morgan fingerprint density at radius 2 is 2.04 bits per heavy atom. The van der Waals surface area contributed by atoms with Gasteiger partial charge in [-0.3, -0.25) is 4.79 Å². The lowest BCUT2D eigenvalue weighted by Crippen LogP contribution is -2.20. The highest BCUT2D eigenvalue weighted by Gasteiger charge is 2.09. The maximum absolute atomic E-state index is 11.9. The predicted molar refractivity (Wildman–Crippen MR) is 99.8 cm³/mol. The van der Waals surface area contributed by atoms with E-state index in [0.29, 0.717) is 16.7 Å². The van der Waals surface area contributed by atoms with E-state index in [4.69, 9.17) is 16.1 Å². The third-order valence-corrected chi connectivity index (χ3v) is 4.01. The first-order valence-electron chi connectivity index (χ1n) is 7.40. The molecule has 0 fully saturated rings. The number of benzene rings is 2. The van der Waals surface area contributed by atoms with Crippen molar-refractivity contribution in [3.05, 3.63) is 75.6 Å². The van der Waals surface area contributed by atoms with Gasteiger partial charge in [-0.05, 0) is 35.9 Å². The van der Waals surface area contributed by atoms with Gasteiger partial charge in [-0.2, -0.15) is 4.98 Å². The molecule has 1 heterocycles. The van der Waals surface area contributed by atoms with Crippen molar-refractivity contribution in [1.82, 2.24) is 15.5 Å². The second kappa shape index (κ2) is 8.09. The first kappa shape index (κ1) is 17.4. The van der Waals surface area contributed by atoms with Crippen molar-refractivity contribution in [2.75, 3.05) is 0 Å². The highest BCUT2D eigenvalue weighted by molar-refractivity contribution is 9.10. The van der Waals surface area contributed by atoms with Crippen LogP contribution in [0.3, 0.4) is 0 Å². The van der Waals surface area contributed by atoms with Crippen LogP contribution in [0.2, 0.25) is 5.02 Å². The van der Waals surface area contributed by atoms with Crippen molar-refractivity contribution in [2.45, 2.75) is 6.54 Å². The minimum Gasteiger partial charge on any atom is -0.343 e.